The van der Waals surface area contributed by atoms with Crippen LogP contribution in [0, 0.1) is 12.8 Å². The van der Waals surface area contributed by atoms with Crippen LogP contribution in [0.25, 0.3) is 0 Å². The SMILES string of the molecule is Cc1cccnc1NC(=O)CN(C)S(=O)(=O)c1ccc2c(c1)C[C@@H](C)N2C(=O)C1CC1. The number of carbonyl (C=O) groups is 2. The number of benzene rings is 1. The summed E-state index contributed by atoms with van der Waals surface area (Å²) in [4.78, 5) is 31.0. The Kier molecular flexibility index (Phi) is 5.57. The Balaban J connectivity index is 1.50. The van der Waals surface area contributed by atoms with Gasteiger partial charge in [-0.25, -0.2) is 13.4 Å². The lowest BCUT2D eigenvalue weighted by Gasteiger charge is -2.23. The summed E-state index contributed by atoms with van der Waals surface area (Å²) in [7, 11) is -2.49. The third kappa shape index (κ3) is 4.20. The largest absolute Gasteiger partial charge is 0.309 e. The van der Waals surface area contributed by atoms with Gasteiger partial charge in [-0.3, -0.25) is 9.59 Å². The van der Waals surface area contributed by atoms with E-state index >= 15 is 0 Å². The first-order valence-corrected chi connectivity index (χ1v) is 11.8. The van der Waals surface area contributed by atoms with Crippen molar-refractivity contribution in [2.24, 2.45) is 5.92 Å². The van der Waals surface area contributed by atoms with Crippen LogP contribution in [0.2, 0.25) is 0 Å². The van der Waals surface area contributed by atoms with Crippen LogP contribution in [0.3, 0.4) is 0 Å². The van der Waals surface area contributed by atoms with Crippen LogP contribution in [0.15, 0.2) is 41.4 Å². The van der Waals surface area contributed by atoms with Gasteiger partial charge in [0.1, 0.15) is 5.82 Å². The molecule has 2 aliphatic rings. The van der Waals surface area contributed by atoms with Gasteiger partial charge in [0.15, 0.2) is 0 Å². The molecule has 31 heavy (non-hydrogen) atoms. The maximum absolute atomic E-state index is 13.1. The average molecular weight is 443 g/mol. The molecule has 1 saturated carbocycles. The molecule has 4 rings (SSSR count). The summed E-state index contributed by atoms with van der Waals surface area (Å²) in [6.45, 7) is 3.45. The van der Waals surface area contributed by atoms with Gasteiger partial charge >= 0.3 is 0 Å². The first-order valence-electron chi connectivity index (χ1n) is 10.3. The van der Waals surface area contributed by atoms with E-state index in [1.54, 1.807) is 29.3 Å². The van der Waals surface area contributed by atoms with Gasteiger partial charge in [-0.15, -0.1) is 0 Å². The lowest BCUT2D eigenvalue weighted by molar-refractivity contribution is -0.120. The summed E-state index contributed by atoms with van der Waals surface area (Å²) < 4.78 is 27.1. The number of fused-ring (bicyclic) bond motifs is 1. The third-order valence-electron chi connectivity index (χ3n) is 5.77. The lowest BCUT2D eigenvalue weighted by atomic mass is 10.1. The topological polar surface area (TPSA) is 99.7 Å². The van der Waals surface area contributed by atoms with Crippen LogP contribution in [0.4, 0.5) is 11.5 Å². The molecule has 2 heterocycles. The number of rotatable bonds is 6. The van der Waals surface area contributed by atoms with E-state index in [1.807, 2.05) is 19.9 Å². The minimum Gasteiger partial charge on any atom is -0.309 e. The highest BCUT2D eigenvalue weighted by Crippen LogP contribution is 2.39. The number of aryl methyl sites for hydroxylation is 1. The average Bonchev–Trinajstić information content (AvgIpc) is 3.51. The van der Waals surface area contributed by atoms with Crippen molar-refractivity contribution in [3.63, 3.8) is 0 Å². The second-order valence-electron chi connectivity index (χ2n) is 8.30. The maximum Gasteiger partial charge on any atom is 0.243 e. The van der Waals surface area contributed by atoms with E-state index in [0.29, 0.717) is 12.2 Å². The van der Waals surface area contributed by atoms with Gasteiger partial charge in [0.05, 0.1) is 11.4 Å². The monoisotopic (exact) mass is 442 g/mol. The second kappa shape index (κ2) is 8.05. The number of nitrogens with one attached hydrogen (secondary N) is 1. The van der Waals surface area contributed by atoms with Crippen LogP contribution < -0.4 is 10.2 Å². The van der Waals surface area contributed by atoms with E-state index in [4.69, 9.17) is 0 Å². The van der Waals surface area contributed by atoms with Gasteiger partial charge in [0.25, 0.3) is 0 Å². The quantitative estimate of drug-likeness (QED) is 0.740. The fourth-order valence-corrected chi connectivity index (χ4v) is 5.06. The molecule has 1 aromatic heterocycles. The number of likely N-dealkylation sites (N-methyl/N-ethyl adjacent to an activating group) is 1. The van der Waals surface area contributed by atoms with E-state index in [9.17, 15) is 18.0 Å². The molecule has 1 fully saturated rings. The summed E-state index contributed by atoms with van der Waals surface area (Å²) in [5.41, 5.74) is 2.42. The van der Waals surface area contributed by atoms with Crippen molar-refractivity contribution in [3.8, 4) is 0 Å². The summed E-state index contributed by atoms with van der Waals surface area (Å²) in [6.07, 6.45) is 4.02. The smallest absolute Gasteiger partial charge is 0.243 e. The van der Waals surface area contributed by atoms with E-state index < -0.39 is 15.9 Å². The van der Waals surface area contributed by atoms with E-state index in [1.165, 1.54) is 13.1 Å². The molecule has 0 bridgehead atoms. The van der Waals surface area contributed by atoms with Crippen molar-refractivity contribution in [3.05, 3.63) is 47.7 Å². The van der Waals surface area contributed by atoms with E-state index in [2.05, 4.69) is 10.3 Å². The van der Waals surface area contributed by atoms with Crippen molar-refractivity contribution in [1.82, 2.24) is 9.29 Å². The molecule has 164 valence electrons. The fourth-order valence-electron chi connectivity index (χ4n) is 3.89. The maximum atomic E-state index is 13.1. The summed E-state index contributed by atoms with van der Waals surface area (Å²) in [6, 6.07) is 8.42. The zero-order chi connectivity index (χ0) is 22.3. The number of aromatic nitrogens is 1. The predicted molar refractivity (Wildman–Crippen MR) is 117 cm³/mol. The third-order valence-corrected chi connectivity index (χ3v) is 7.57. The van der Waals surface area contributed by atoms with Crippen molar-refractivity contribution in [1.29, 1.82) is 0 Å². The Bertz CT molecular complexity index is 1140. The molecule has 0 radical (unpaired) electrons. The molecule has 1 atom stereocenters. The molecule has 1 aromatic carbocycles. The molecule has 2 aromatic rings. The first kappa shape index (κ1) is 21.5. The molecule has 1 aliphatic heterocycles. The number of amides is 2. The van der Waals surface area contributed by atoms with Crippen LogP contribution in [0.5, 0.6) is 0 Å². The summed E-state index contributed by atoms with van der Waals surface area (Å²) >= 11 is 0. The lowest BCUT2D eigenvalue weighted by Crippen LogP contribution is -2.36. The molecule has 0 saturated heterocycles. The Morgan fingerprint density at radius 1 is 1.26 bits per heavy atom. The Morgan fingerprint density at radius 2 is 2.00 bits per heavy atom. The second-order valence-corrected chi connectivity index (χ2v) is 10.3. The van der Waals surface area contributed by atoms with Crippen molar-refractivity contribution in [2.75, 3.05) is 23.8 Å². The van der Waals surface area contributed by atoms with Crippen molar-refractivity contribution < 1.29 is 18.0 Å². The molecular formula is C22H26N4O4S. The molecule has 8 nitrogen and oxygen atoms in total. The summed E-state index contributed by atoms with van der Waals surface area (Å²) in [5.74, 6) is 0.166. The molecule has 2 amide bonds. The van der Waals surface area contributed by atoms with Gasteiger partial charge in [0.2, 0.25) is 21.8 Å². The number of anilines is 2. The normalized spacial score (nSPS) is 18.2. The number of pyridine rings is 1. The minimum absolute atomic E-state index is 0.00572. The number of nitrogens with zero attached hydrogens (tertiary/aromatic N) is 3. The molecule has 1 aliphatic carbocycles. The highest BCUT2D eigenvalue weighted by Gasteiger charge is 2.40. The van der Waals surface area contributed by atoms with Gasteiger partial charge in [0, 0.05) is 30.9 Å². The highest BCUT2D eigenvalue weighted by molar-refractivity contribution is 7.89. The molecule has 0 spiro atoms. The van der Waals surface area contributed by atoms with Crippen LogP contribution in [-0.4, -0.2) is 49.2 Å². The zero-order valence-electron chi connectivity index (χ0n) is 17.8. The van der Waals surface area contributed by atoms with Gasteiger partial charge in [-0.2, -0.15) is 4.31 Å². The van der Waals surface area contributed by atoms with Crippen molar-refractivity contribution >= 4 is 33.3 Å². The van der Waals surface area contributed by atoms with Gasteiger partial charge in [-0.05, 0) is 68.5 Å². The van der Waals surface area contributed by atoms with Gasteiger partial charge in [-0.1, -0.05) is 6.07 Å². The molecular weight excluding hydrogens is 416 g/mol. The predicted octanol–water partition coefficient (Wildman–Crippen LogP) is 2.34. The van der Waals surface area contributed by atoms with E-state index in [0.717, 1.165) is 34.0 Å². The number of hydrogen-bond acceptors (Lipinski definition) is 5. The van der Waals surface area contributed by atoms with Crippen LogP contribution >= 0.6 is 0 Å². The van der Waals surface area contributed by atoms with Crippen LogP contribution in [-0.2, 0) is 26.0 Å². The Hall–Kier alpha value is -2.78. The standard InChI is InChI=1S/C22H26N4O4S/c1-14-5-4-10-23-21(14)24-20(27)13-25(3)31(29,30)18-8-9-19-17(12-18)11-15(2)26(19)22(28)16-6-7-16/h4-5,8-10,12,15-16H,6-7,11,13H2,1-3H3,(H,23,24,27)/t15-/m1/s1. The van der Waals surface area contributed by atoms with E-state index in [-0.39, 0.29) is 29.3 Å². The zero-order valence-corrected chi connectivity index (χ0v) is 18.6. The summed E-state index contributed by atoms with van der Waals surface area (Å²) in [5, 5.41) is 2.65. The fraction of sp³-hybridized carbons (Fsp3) is 0.409. The first-order chi connectivity index (χ1) is 14.7. The minimum atomic E-state index is -3.87. The molecule has 9 heteroatoms. The van der Waals surface area contributed by atoms with Crippen LogP contribution in [0.1, 0.15) is 30.9 Å². The number of hydrogen-bond donors (Lipinski definition) is 1. The number of carbonyl (C=O) groups excluding carboxylic acids is 2. The molecule has 1 N–H and O–H groups in total. The molecule has 0 unspecified atom stereocenters. The Morgan fingerprint density at radius 3 is 2.68 bits per heavy atom. The highest BCUT2D eigenvalue weighted by atomic mass is 32.2. The Labute approximate surface area is 182 Å². The number of sulfonamides is 1. The van der Waals surface area contributed by atoms with Crippen molar-refractivity contribution in [2.45, 2.75) is 44.0 Å². The van der Waals surface area contributed by atoms with Gasteiger partial charge < -0.3 is 10.2 Å².